The molecule has 0 unspecified atom stereocenters. The van der Waals surface area contributed by atoms with Gasteiger partial charge >= 0.3 is 0 Å². The van der Waals surface area contributed by atoms with Crippen LogP contribution in [-0.4, -0.2) is 10.8 Å². The molecular formula is C16H19NOS. The van der Waals surface area contributed by atoms with Gasteiger partial charge in [0.2, 0.25) is 0 Å². The number of nitrogens with zero attached hydrogens (tertiary/aromatic N) is 1. The average Bonchev–Trinajstić information content (AvgIpc) is 2.95. The van der Waals surface area contributed by atoms with Crippen LogP contribution >= 0.6 is 11.3 Å². The highest BCUT2D eigenvalue weighted by molar-refractivity contribution is 7.09. The van der Waals surface area contributed by atoms with E-state index in [0.717, 1.165) is 23.4 Å². The van der Waals surface area contributed by atoms with Crippen LogP contribution in [0.3, 0.4) is 0 Å². The van der Waals surface area contributed by atoms with Crippen LogP contribution in [0.2, 0.25) is 0 Å². The minimum atomic E-state index is -0.368. The second-order valence-corrected chi connectivity index (χ2v) is 5.66. The Morgan fingerprint density at radius 2 is 1.89 bits per heavy atom. The number of benzene rings is 1. The van der Waals surface area contributed by atoms with E-state index in [9.17, 15) is 4.79 Å². The largest absolute Gasteiger partial charge is 0.298 e. The van der Waals surface area contributed by atoms with Gasteiger partial charge < -0.3 is 0 Å². The van der Waals surface area contributed by atoms with Crippen molar-refractivity contribution in [3.63, 3.8) is 0 Å². The predicted octanol–water partition coefficient (Wildman–Crippen LogP) is 4.01. The number of rotatable bonds is 6. The molecule has 0 aliphatic rings. The van der Waals surface area contributed by atoms with Crippen molar-refractivity contribution in [3.8, 4) is 0 Å². The lowest BCUT2D eigenvalue weighted by molar-refractivity contribution is -0.124. The fourth-order valence-electron chi connectivity index (χ4n) is 2.62. The highest BCUT2D eigenvalue weighted by Gasteiger charge is 2.36. The molecule has 0 saturated carbocycles. The summed E-state index contributed by atoms with van der Waals surface area (Å²) in [5.74, 6) is 0.277. The van der Waals surface area contributed by atoms with E-state index in [4.69, 9.17) is 0 Å². The number of ketones is 1. The van der Waals surface area contributed by atoms with E-state index < -0.39 is 0 Å². The number of carbonyl (C=O) groups is 1. The van der Waals surface area contributed by atoms with Crippen molar-refractivity contribution >= 4 is 17.1 Å². The topological polar surface area (TPSA) is 30.0 Å². The maximum Gasteiger partial charge on any atom is 0.150 e. The van der Waals surface area contributed by atoms with Crippen molar-refractivity contribution in [2.24, 2.45) is 0 Å². The molecule has 0 aliphatic carbocycles. The second-order valence-electron chi connectivity index (χ2n) is 4.68. The first-order valence-corrected chi connectivity index (χ1v) is 7.58. The summed E-state index contributed by atoms with van der Waals surface area (Å²) in [5, 5.41) is 2.83. The van der Waals surface area contributed by atoms with Crippen molar-refractivity contribution in [2.45, 2.75) is 38.5 Å². The predicted molar refractivity (Wildman–Crippen MR) is 79.5 cm³/mol. The number of Topliss-reactive ketones (excluding diaryl/α,β-unsaturated/α-hetero) is 1. The van der Waals surface area contributed by atoms with Crippen molar-refractivity contribution in [1.29, 1.82) is 0 Å². The maximum absolute atomic E-state index is 12.8. The van der Waals surface area contributed by atoms with Gasteiger partial charge in [0.25, 0.3) is 0 Å². The van der Waals surface area contributed by atoms with Crippen molar-refractivity contribution in [2.75, 3.05) is 0 Å². The third-order valence-electron chi connectivity index (χ3n) is 3.86. The van der Waals surface area contributed by atoms with Crippen LogP contribution < -0.4 is 0 Å². The van der Waals surface area contributed by atoms with Crippen LogP contribution in [0.15, 0.2) is 41.9 Å². The Hall–Kier alpha value is -1.48. The molecule has 0 radical (unpaired) electrons. The van der Waals surface area contributed by atoms with E-state index in [-0.39, 0.29) is 11.2 Å². The standard InChI is InChI=1S/C16H19NOS/c1-3-16(4-2,13-8-6-5-7-9-13)14(18)12-15-17-10-11-19-15/h5-11H,3-4,12H2,1-2H3. The summed E-state index contributed by atoms with van der Waals surface area (Å²) >= 11 is 1.55. The quantitative estimate of drug-likeness (QED) is 0.796. The van der Waals surface area contributed by atoms with Gasteiger partial charge in [-0.15, -0.1) is 11.3 Å². The SMILES string of the molecule is CCC(CC)(C(=O)Cc1nccs1)c1ccccc1. The zero-order chi connectivity index (χ0) is 13.7. The third-order valence-corrected chi connectivity index (χ3v) is 4.64. The molecule has 3 heteroatoms. The van der Waals surface area contributed by atoms with E-state index in [0.29, 0.717) is 6.42 Å². The molecule has 0 aliphatic heterocycles. The Kier molecular flexibility index (Phi) is 4.48. The van der Waals surface area contributed by atoms with Crippen LogP contribution in [0.1, 0.15) is 37.3 Å². The van der Waals surface area contributed by atoms with Gasteiger partial charge in [0.15, 0.2) is 0 Å². The van der Waals surface area contributed by atoms with E-state index in [1.165, 1.54) is 0 Å². The van der Waals surface area contributed by atoms with Gasteiger partial charge in [-0.2, -0.15) is 0 Å². The van der Waals surface area contributed by atoms with Crippen molar-refractivity contribution in [3.05, 3.63) is 52.5 Å². The van der Waals surface area contributed by atoms with Gasteiger partial charge in [0, 0.05) is 11.6 Å². The Labute approximate surface area is 118 Å². The molecule has 100 valence electrons. The number of aromatic nitrogens is 1. The molecule has 19 heavy (non-hydrogen) atoms. The molecule has 0 amide bonds. The lowest BCUT2D eigenvalue weighted by Gasteiger charge is -2.30. The fourth-order valence-corrected chi connectivity index (χ4v) is 3.23. The first kappa shape index (κ1) is 13.9. The van der Waals surface area contributed by atoms with Gasteiger partial charge in [0.1, 0.15) is 5.78 Å². The summed E-state index contributed by atoms with van der Waals surface area (Å²) in [6.45, 7) is 4.19. The summed E-state index contributed by atoms with van der Waals surface area (Å²) in [5.41, 5.74) is 0.758. The highest BCUT2D eigenvalue weighted by atomic mass is 32.1. The van der Waals surface area contributed by atoms with E-state index in [1.54, 1.807) is 17.5 Å². The normalized spacial score (nSPS) is 11.5. The van der Waals surface area contributed by atoms with E-state index in [2.05, 4.69) is 31.0 Å². The fraction of sp³-hybridized carbons (Fsp3) is 0.375. The zero-order valence-corrected chi connectivity index (χ0v) is 12.2. The van der Waals surface area contributed by atoms with Crippen LogP contribution in [0.25, 0.3) is 0 Å². The summed E-state index contributed by atoms with van der Waals surface area (Å²) in [6, 6.07) is 10.1. The molecule has 0 N–H and O–H groups in total. The molecule has 2 rings (SSSR count). The number of carbonyl (C=O) groups excluding carboxylic acids is 1. The molecule has 0 saturated heterocycles. The Morgan fingerprint density at radius 1 is 1.21 bits per heavy atom. The summed E-state index contributed by atoms with van der Waals surface area (Å²) in [6.07, 6.45) is 3.86. The molecule has 0 spiro atoms. The smallest absolute Gasteiger partial charge is 0.150 e. The minimum absolute atomic E-state index is 0.277. The first-order valence-electron chi connectivity index (χ1n) is 6.70. The van der Waals surface area contributed by atoms with Gasteiger partial charge in [-0.3, -0.25) is 4.79 Å². The lowest BCUT2D eigenvalue weighted by atomic mass is 9.71. The monoisotopic (exact) mass is 273 g/mol. The minimum Gasteiger partial charge on any atom is -0.298 e. The zero-order valence-electron chi connectivity index (χ0n) is 11.4. The molecular weight excluding hydrogens is 254 g/mol. The van der Waals surface area contributed by atoms with Crippen molar-refractivity contribution < 1.29 is 4.79 Å². The maximum atomic E-state index is 12.8. The molecule has 0 atom stereocenters. The molecule has 1 aromatic carbocycles. The van der Waals surface area contributed by atoms with Crippen LogP contribution in [0, 0.1) is 0 Å². The molecule has 0 bridgehead atoms. The number of hydrogen-bond donors (Lipinski definition) is 0. The van der Waals surface area contributed by atoms with Crippen LogP contribution in [0.5, 0.6) is 0 Å². The van der Waals surface area contributed by atoms with Gasteiger partial charge in [-0.25, -0.2) is 4.98 Å². The van der Waals surface area contributed by atoms with Gasteiger partial charge in [0.05, 0.1) is 16.8 Å². The number of thiazole rings is 1. The Morgan fingerprint density at radius 3 is 2.42 bits per heavy atom. The Balaban J connectivity index is 2.31. The Bertz CT molecular complexity index is 515. The van der Waals surface area contributed by atoms with Crippen LogP contribution in [0.4, 0.5) is 0 Å². The molecule has 2 nitrogen and oxygen atoms in total. The van der Waals surface area contributed by atoms with Gasteiger partial charge in [-0.1, -0.05) is 44.2 Å². The second kappa shape index (κ2) is 6.11. The third kappa shape index (κ3) is 2.76. The molecule has 1 heterocycles. The van der Waals surface area contributed by atoms with Crippen molar-refractivity contribution in [1.82, 2.24) is 4.98 Å². The number of hydrogen-bond acceptors (Lipinski definition) is 3. The van der Waals surface area contributed by atoms with E-state index >= 15 is 0 Å². The highest BCUT2D eigenvalue weighted by Crippen LogP contribution is 2.33. The first-order chi connectivity index (χ1) is 9.23. The van der Waals surface area contributed by atoms with E-state index in [1.807, 2.05) is 23.6 Å². The molecule has 0 fully saturated rings. The summed E-state index contributed by atoms with van der Waals surface area (Å²) in [7, 11) is 0. The summed E-state index contributed by atoms with van der Waals surface area (Å²) in [4.78, 5) is 17.0. The average molecular weight is 273 g/mol. The lowest BCUT2D eigenvalue weighted by Crippen LogP contribution is -2.36. The van der Waals surface area contributed by atoms with Gasteiger partial charge in [-0.05, 0) is 18.4 Å². The van der Waals surface area contributed by atoms with Crippen LogP contribution in [-0.2, 0) is 16.6 Å². The molecule has 1 aromatic heterocycles. The molecule has 2 aromatic rings. The summed E-state index contributed by atoms with van der Waals surface area (Å²) < 4.78 is 0.